The molecule has 0 bridgehead atoms. The fourth-order valence-electron chi connectivity index (χ4n) is 4.16. The second-order valence-corrected chi connectivity index (χ2v) is 8.42. The van der Waals surface area contributed by atoms with Crippen molar-refractivity contribution < 1.29 is 19.3 Å². The number of non-ortho nitro benzene ring substituents is 1. The molecule has 0 aromatic heterocycles. The molecule has 164 valence electrons. The first kappa shape index (κ1) is 21.7. The maximum absolute atomic E-state index is 13.5. The molecule has 9 heteroatoms. The summed E-state index contributed by atoms with van der Waals surface area (Å²) < 4.78 is 0. The standard InChI is InChI=1S/C23H20ClN3O5/c1-14-5-10-19-20(11-14)23(30)26(22(19)29)25(13-15-6-8-17(24)9-7-15)21(28)16-3-2-4-18(12-16)27(31)32/h2-9,12,19-20H,10-11,13H2,1H3/t19-,20+/m1/s1. The van der Waals surface area contributed by atoms with Crippen LogP contribution in [-0.2, 0) is 16.1 Å². The molecule has 1 heterocycles. The van der Waals surface area contributed by atoms with Crippen molar-refractivity contribution in [2.45, 2.75) is 26.3 Å². The number of fused-ring (bicyclic) bond motifs is 1. The highest BCUT2D eigenvalue weighted by atomic mass is 35.5. The minimum Gasteiger partial charge on any atom is -0.272 e. The zero-order valence-electron chi connectivity index (χ0n) is 17.2. The summed E-state index contributed by atoms with van der Waals surface area (Å²) in [6.07, 6.45) is 2.85. The van der Waals surface area contributed by atoms with Crippen LogP contribution in [0, 0.1) is 22.0 Å². The number of rotatable bonds is 5. The zero-order chi connectivity index (χ0) is 23.0. The third-order valence-electron chi connectivity index (χ3n) is 5.83. The van der Waals surface area contributed by atoms with Gasteiger partial charge in [-0.2, -0.15) is 5.01 Å². The predicted octanol–water partition coefficient (Wildman–Crippen LogP) is 4.15. The molecule has 1 aliphatic heterocycles. The van der Waals surface area contributed by atoms with Gasteiger partial charge in [-0.05, 0) is 43.5 Å². The number of hydrogen-bond acceptors (Lipinski definition) is 5. The Hall–Kier alpha value is -3.52. The number of allylic oxidation sites excluding steroid dienone is 2. The van der Waals surface area contributed by atoms with Gasteiger partial charge in [0, 0.05) is 22.7 Å². The maximum Gasteiger partial charge on any atom is 0.273 e. The Morgan fingerprint density at radius 2 is 1.84 bits per heavy atom. The van der Waals surface area contributed by atoms with Gasteiger partial charge in [0.05, 0.1) is 23.3 Å². The van der Waals surface area contributed by atoms with Gasteiger partial charge in [-0.25, -0.2) is 5.01 Å². The van der Waals surface area contributed by atoms with Crippen LogP contribution in [0.1, 0.15) is 35.7 Å². The molecule has 2 aromatic rings. The smallest absolute Gasteiger partial charge is 0.272 e. The lowest BCUT2D eigenvalue weighted by atomic mass is 9.82. The van der Waals surface area contributed by atoms with Crippen LogP contribution in [0.15, 0.2) is 60.2 Å². The minimum atomic E-state index is -0.673. The van der Waals surface area contributed by atoms with Crippen molar-refractivity contribution in [3.05, 3.63) is 86.4 Å². The summed E-state index contributed by atoms with van der Waals surface area (Å²) in [5, 5.41) is 13.7. The molecular weight excluding hydrogens is 434 g/mol. The molecule has 1 fully saturated rings. The van der Waals surface area contributed by atoms with Gasteiger partial charge in [-0.15, -0.1) is 0 Å². The molecule has 8 nitrogen and oxygen atoms in total. The lowest BCUT2D eigenvalue weighted by Crippen LogP contribution is -2.49. The van der Waals surface area contributed by atoms with Crippen LogP contribution in [0.25, 0.3) is 0 Å². The van der Waals surface area contributed by atoms with Crippen molar-refractivity contribution in [1.29, 1.82) is 0 Å². The predicted molar refractivity (Wildman–Crippen MR) is 116 cm³/mol. The van der Waals surface area contributed by atoms with E-state index in [-0.39, 0.29) is 17.8 Å². The molecule has 0 saturated carbocycles. The summed E-state index contributed by atoms with van der Waals surface area (Å²) in [5.74, 6) is -2.57. The molecule has 0 radical (unpaired) electrons. The summed E-state index contributed by atoms with van der Waals surface area (Å²) in [5.41, 5.74) is 1.44. The van der Waals surface area contributed by atoms with E-state index in [0.717, 1.165) is 21.7 Å². The van der Waals surface area contributed by atoms with Gasteiger partial charge < -0.3 is 0 Å². The highest BCUT2D eigenvalue weighted by molar-refractivity contribution is 6.30. The average molecular weight is 454 g/mol. The van der Waals surface area contributed by atoms with E-state index in [9.17, 15) is 24.5 Å². The van der Waals surface area contributed by atoms with E-state index in [0.29, 0.717) is 23.4 Å². The van der Waals surface area contributed by atoms with Gasteiger partial charge in [0.25, 0.3) is 23.4 Å². The summed E-state index contributed by atoms with van der Waals surface area (Å²) in [4.78, 5) is 50.5. The van der Waals surface area contributed by atoms with Gasteiger partial charge in [0.2, 0.25) is 0 Å². The van der Waals surface area contributed by atoms with Crippen molar-refractivity contribution in [1.82, 2.24) is 10.0 Å². The van der Waals surface area contributed by atoms with Crippen LogP contribution in [0.4, 0.5) is 5.69 Å². The number of nitrogens with zero attached hydrogens (tertiary/aromatic N) is 3. The fraction of sp³-hybridized carbons (Fsp3) is 0.261. The first-order valence-electron chi connectivity index (χ1n) is 10.1. The molecule has 0 N–H and O–H groups in total. The topological polar surface area (TPSA) is 101 Å². The van der Waals surface area contributed by atoms with Crippen LogP contribution < -0.4 is 0 Å². The minimum absolute atomic E-state index is 0.0120. The summed E-state index contributed by atoms with van der Waals surface area (Å²) in [6, 6.07) is 11.9. The molecule has 1 aliphatic carbocycles. The van der Waals surface area contributed by atoms with E-state index in [1.54, 1.807) is 24.3 Å². The lowest BCUT2D eigenvalue weighted by molar-refractivity contribution is -0.384. The van der Waals surface area contributed by atoms with Crippen LogP contribution in [0.2, 0.25) is 5.02 Å². The van der Waals surface area contributed by atoms with Gasteiger partial charge in [0.15, 0.2) is 0 Å². The lowest BCUT2D eigenvalue weighted by Gasteiger charge is -2.30. The van der Waals surface area contributed by atoms with Gasteiger partial charge in [-0.3, -0.25) is 24.5 Å². The normalized spacial score (nSPS) is 20.1. The van der Waals surface area contributed by atoms with E-state index in [1.165, 1.54) is 18.2 Å². The number of nitro groups is 1. The molecule has 32 heavy (non-hydrogen) atoms. The largest absolute Gasteiger partial charge is 0.273 e. The first-order valence-corrected chi connectivity index (χ1v) is 10.5. The molecule has 3 amide bonds. The second-order valence-electron chi connectivity index (χ2n) is 7.99. The highest BCUT2D eigenvalue weighted by Crippen LogP contribution is 2.39. The van der Waals surface area contributed by atoms with E-state index in [4.69, 9.17) is 11.6 Å². The second kappa shape index (κ2) is 8.55. The van der Waals surface area contributed by atoms with Crippen molar-refractivity contribution >= 4 is 35.0 Å². The number of hydrazine groups is 1. The van der Waals surface area contributed by atoms with Crippen molar-refractivity contribution in [2.75, 3.05) is 0 Å². The summed E-state index contributed by atoms with van der Waals surface area (Å²) >= 11 is 5.95. The number of amides is 3. The Morgan fingerprint density at radius 1 is 1.16 bits per heavy atom. The third kappa shape index (κ3) is 4.01. The summed E-state index contributed by atoms with van der Waals surface area (Å²) in [6.45, 7) is 1.85. The molecule has 0 spiro atoms. The molecule has 4 rings (SSSR count). The molecule has 2 aromatic carbocycles. The molecular formula is C23H20ClN3O5. The van der Waals surface area contributed by atoms with Crippen LogP contribution in [0.5, 0.6) is 0 Å². The Kier molecular flexibility index (Phi) is 5.80. The fourth-order valence-corrected chi connectivity index (χ4v) is 4.28. The monoisotopic (exact) mass is 453 g/mol. The molecule has 0 unspecified atom stereocenters. The van der Waals surface area contributed by atoms with Gasteiger partial charge in [0.1, 0.15) is 0 Å². The Bertz CT molecular complexity index is 1140. The number of hydrogen-bond donors (Lipinski definition) is 0. The molecule has 1 saturated heterocycles. The average Bonchev–Trinajstić information content (AvgIpc) is 3.02. The van der Waals surface area contributed by atoms with E-state index < -0.39 is 34.5 Å². The van der Waals surface area contributed by atoms with E-state index >= 15 is 0 Å². The SMILES string of the molecule is CC1=CC[C@H]2C(=O)N(N(Cc3ccc(Cl)cc3)C(=O)c3cccc([N+](=O)[O-])c3)C(=O)[C@H]2C1. The Labute approximate surface area is 189 Å². The maximum atomic E-state index is 13.5. The Balaban J connectivity index is 1.72. The number of carbonyl (C=O) groups is 3. The number of halogens is 1. The molecule has 2 aliphatic rings. The third-order valence-corrected chi connectivity index (χ3v) is 6.08. The van der Waals surface area contributed by atoms with Gasteiger partial charge >= 0.3 is 0 Å². The summed E-state index contributed by atoms with van der Waals surface area (Å²) in [7, 11) is 0. The van der Waals surface area contributed by atoms with Crippen molar-refractivity contribution in [2.24, 2.45) is 11.8 Å². The van der Waals surface area contributed by atoms with Gasteiger partial charge in [-0.1, -0.05) is 41.4 Å². The van der Waals surface area contributed by atoms with Crippen molar-refractivity contribution in [3.8, 4) is 0 Å². The van der Waals surface area contributed by atoms with Crippen LogP contribution >= 0.6 is 11.6 Å². The number of imide groups is 1. The Morgan fingerprint density at radius 3 is 2.53 bits per heavy atom. The number of carbonyl (C=O) groups excluding carboxylic acids is 3. The zero-order valence-corrected chi connectivity index (χ0v) is 18.0. The number of benzene rings is 2. The first-order chi connectivity index (χ1) is 15.3. The highest BCUT2D eigenvalue weighted by Gasteiger charge is 2.51. The van der Waals surface area contributed by atoms with Crippen LogP contribution in [-0.4, -0.2) is 32.7 Å². The molecule has 2 atom stereocenters. The van der Waals surface area contributed by atoms with Crippen LogP contribution in [0.3, 0.4) is 0 Å². The van der Waals surface area contributed by atoms with E-state index in [2.05, 4.69) is 0 Å². The van der Waals surface area contributed by atoms with E-state index in [1.807, 2.05) is 13.0 Å². The quantitative estimate of drug-likeness (QED) is 0.293. The van der Waals surface area contributed by atoms with Crippen molar-refractivity contribution in [3.63, 3.8) is 0 Å². The number of nitro benzene ring substituents is 1.